The number of hydrogen-bond acceptors (Lipinski definition) is 2. The molecule has 0 spiro atoms. The molecule has 0 aromatic carbocycles. The van der Waals surface area contributed by atoms with Crippen LogP contribution in [0.15, 0.2) is 12.3 Å². The van der Waals surface area contributed by atoms with E-state index in [0.717, 1.165) is 24.3 Å². The number of anilines is 1. The van der Waals surface area contributed by atoms with E-state index >= 15 is 0 Å². The molecule has 2 nitrogen and oxygen atoms in total. The molecule has 0 unspecified atom stereocenters. The van der Waals surface area contributed by atoms with Crippen LogP contribution >= 0.6 is 15.9 Å². The Morgan fingerprint density at radius 3 is 3.38 bits per heavy atom. The monoisotopic (exact) mass is 236 g/mol. The second-order valence-corrected chi connectivity index (χ2v) is 3.40. The number of fused-ring (bicyclic) bond motifs is 1. The van der Waals surface area contributed by atoms with Crippen molar-refractivity contribution in [3.63, 3.8) is 0 Å². The molecule has 0 fully saturated rings. The number of rotatable bonds is 0. The number of pyridine rings is 1. The summed E-state index contributed by atoms with van der Waals surface area (Å²) < 4.78 is 0. The summed E-state index contributed by atoms with van der Waals surface area (Å²) in [7, 11) is 0. The predicted molar refractivity (Wildman–Crippen MR) is 57.1 cm³/mol. The fourth-order valence-corrected chi connectivity index (χ4v) is 1.52. The van der Waals surface area contributed by atoms with E-state index in [1.54, 1.807) is 0 Å². The third-order valence-corrected chi connectivity index (χ3v) is 2.23. The lowest BCUT2D eigenvalue weighted by molar-refractivity contribution is 1.11. The van der Waals surface area contributed by atoms with Crippen LogP contribution in [0.1, 0.15) is 11.1 Å². The first-order valence-electron chi connectivity index (χ1n) is 4.18. The lowest BCUT2D eigenvalue weighted by Crippen LogP contribution is -1.92. The van der Waals surface area contributed by atoms with Crippen LogP contribution in [0.4, 0.5) is 5.82 Å². The molecule has 0 atom stereocenters. The van der Waals surface area contributed by atoms with E-state index in [4.69, 9.17) is 0 Å². The van der Waals surface area contributed by atoms with E-state index in [-0.39, 0.29) is 0 Å². The summed E-state index contributed by atoms with van der Waals surface area (Å²) in [6, 6.07) is 2.11. The third kappa shape index (κ3) is 1.84. The Kier molecular flexibility index (Phi) is 2.51. The molecule has 1 aliphatic rings. The van der Waals surface area contributed by atoms with E-state index in [2.05, 4.69) is 44.1 Å². The van der Waals surface area contributed by atoms with Gasteiger partial charge in [0.2, 0.25) is 0 Å². The van der Waals surface area contributed by atoms with E-state index in [0.29, 0.717) is 5.33 Å². The van der Waals surface area contributed by atoms with Crippen molar-refractivity contribution >= 4 is 21.7 Å². The van der Waals surface area contributed by atoms with Gasteiger partial charge in [-0.05, 0) is 18.1 Å². The van der Waals surface area contributed by atoms with Gasteiger partial charge in [-0.25, -0.2) is 4.98 Å². The summed E-state index contributed by atoms with van der Waals surface area (Å²) in [5.41, 5.74) is 2.28. The van der Waals surface area contributed by atoms with Crippen molar-refractivity contribution in [3.8, 4) is 11.8 Å². The Labute approximate surface area is 85.9 Å². The molecule has 0 aliphatic carbocycles. The van der Waals surface area contributed by atoms with Crippen molar-refractivity contribution < 1.29 is 0 Å². The highest BCUT2D eigenvalue weighted by molar-refractivity contribution is 9.09. The smallest absolute Gasteiger partial charge is 0.129 e. The van der Waals surface area contributed by atoms with Gasteiger partial charge in [0.25, 0.3) is 0 Å². The first kappa shape index (κ1) is 8.58. The predicted octanol–water partition coefficient (Wildman–Crippen LogP) is 1.80. The molecule has 1 aromatic heterocycles. The van der Waals surface area contributed by atoms with Crippen LogP contribution in [-0.4, -0.2) is 16.9 Å². The van der Waals surface area contributed by atoms with Gasteiger partial charge in [-0.1, -0.05) is 27.8 Å². The molecule has 13 heavy (non-hydrogen) atoms. The van der Waals surface area contributed by atoms with E-state index in [1.807, 2.05) is 6.20 Å². The number of aromatic nitrogens is 1. The van der Waals surface area contributed by atoms with Gasteiger partial charge in [-0.3, -0.25) is 0 Å². The molecule has 1 N–H and O–H groups in total. The second kappa shape index (κ2) is 3.80. The fraction of sp³-hybridized carbons (Fsp3) is 0.300. The van der Waals surface area contributed by atoms with Crippen LogP contribution in [-0.2, 0) is 6.42 Å². The largest absolute Gasteiger partial charge is 0.370 e. The van der Waals surface area contributed by atoms with Gasteiger partial charge in [-0.2, -0.15) is 0 Å². The standard InChI is InChI=1S/C10H9BrN2/c11-4-1-2-8-6-9-3-5-12-10(9)13-7-8/h6-7H,3-5H2,(H,12,13). The van der Waals surface area contributed by atoms with Crippen molar-refractivity contribution in [2.24, 2.45) is 0 Å². The van der Waals surface area contributed by atoms with Crippen molar-refractivity contribution in [1.29, 1.82) is 0 Å². The highest BCUT2D eigenvalue weighted by Crippen LogP contribution is 2.19. The van der Waals surface area contributed by atoms with E-state index < -0.39 is 0 Å². The van der Waals surface area contributed by atoms with E-state index in [1.165, 1.54) is 5.56 Å². The minimum Gasteiger partial charge on any atom is -0.370 e. The quantitative estimate of drug-likeness (QED) is 0.549. The molecule has 0 saturated heterocycles. The molecule has 1 aromatic rings. The SMILES string of the molecule is BrCC#Cc1cnc2c(c1)CCN2. The van der Waals surface area contributed by atoms with Crippen LogP contribution in [0, 0.1) is 11.8 Å². The number of nitrogens with one attached hydrogen (secondary N) is 1. The lowest BCUT2D eigenvalue weighted by Gasteiger charge is -1.97. The zero-order valence-electron chi connectivity index (χ0n) is 7.10. The molecule has 2 rings (SSSR count). The maximum Gasteiger partial charge on any atom is 0.129 e. The molecular weight excluding hydrogens is 228 g/mol. The van der Waals surface area contributed by atoms with Crippen LogP contribution in [0.3, 0.4) is 0 Å². The average Bonchev–Trinajstić information content (AvgIpc) is 2.61. The molecule has 2 heterocycles. The molecular formula is C10H9BrN2. The molecule has 0 saturated carbocycles. The molecule has 0 amide bonds. The van der Waals surface area contributed by atoms with Gasteiger partial charge in [0.15, 0.2) is 0 Å². The third-order valence-electron chi connectivity index (χ3n) is 1.95. The summed E-state index contributed by atoms with van der Waals surface area (Å²) in [5, 5.41) is 3.93. The van der Waals surface area contributed by atoms with E-state index in [9.17, 15) is 0 Å². The van der Waals surface area contributed by atoms with Gasteiger partial charge in [0.05, 0.1) is 5.33 Å². The summed E-state index contributed by atoms with van der Waals surface area (Å²) in [5.74, 6) is 7.02. The number of alkyl halides is 1. The summed E-state index contributed by atoms with van der Waals surface area (Å²) in [6.07, 6.45) is 2.87. The Morgan fingerprint density at radius 2 is 2.54 bits per heavy atom. The highest BCUT2D eigenvalue weighted by atomic mass is 79.9. The number of nitrogens with zero attached hydrogens (tertiary/aromatic N) is 1. The van der Waals surface area contributed by atoms with Crippen LogP contribution in [0.25, 0.3) is 0 Å². The van der Waals surface area contributed by atoms with Crippen molar-refractivity contribution in [2.75, 3.05) is 17.2 Å². The van der Waals surface area contributed by atoms with Gasteiger partial charge < -0.3 is 5.32 Å². The topological polar surface area (TPSA) is 24.9 Å². The molecule has 0 radical (unpaired) electrons. The normalized spacial score (nSPS) is 12.7. The Balaban J connectivity index is 2.31. The number of hydrogen-bond donors (Lipinski definition) is 1. The van der Waals surface area contributed by atoms with Gasteiger partial charge >= 0.3 is 0 Å². The molecule has 0 bridgehead atoms. The van der Waals surface area contributed by atoms with Crippen LogP contribution in [0.5, 0.6) is 0 Å². The lowest BCUT2D eigenvalue weighted by atomic mass is 10.2. The van der Waals surface area contributed by atoms with Crippen molar-refractivity contribution in [3.05, 3.63) is 23.4 Å². The molecule has 1 aliphatic heterocycles. The first-order chi connectivity index (χ1) is 6.40. The second-order valence-electron chi connectivity index (χ2n) is 2.84. The van der Waals surface area contributed by atoms with Crippen LogP contribution < -0.4 is 5.32 Å². The summed E-state index contributed by atoms with van der Waals surface area (Å²) >= 11 is 3.26. The first-order valence-corrected chi connectivity index (χ1v) is 5.30. The Morgan fingerprint density at radius 1 is 1.62 bits per heavy atom. The minimum atomic E-state index is 0.711. The number of halogens is 1. The average molecular weight is 237 g/mol. The Hall–Kier alpha value is -1.01. The Bertz CT molecular complexity index is 376. The molecule has 3 heteroatoms. The zero-order valence-corrected chi connectivity index (χ0v) is 8.69. The maximum atomic E-state index is 4.28. The van der Waals surface area contributed by atoms with Crippen LogP contribution in [0.2, 0.25) is 0 Å². The maximum absolute atomic E-state index is 4.28. The zero-order chi connectivity index (χ0) is 9.10. The van der Waals surface area contributed by atoms with Crippen molar-refractivity contribution in [2.45, 2.75) is 6.42 Å². The summed E-state index contributed by atoms with van der Waals surface area (Å²) in [4.78, 5) is 4.28. The van der Waals surface area contributed by atoms with Gasteiger partial charge in [0.1, 0.15) is 5.82 Å². The fourth-order valence-electron chi connectivity index (χ4n) is 1.38. The highest BCUT2D eigenvalue weighted by Gasteiger charge is 2.10. The summed E-state index contributed by atoms with van der Waals surface area (Å²) in [6.45, 7) is 0.998. The minimum absolute atomic E-state index is 0.711. The van der Waals surface area contributed by atoms with Crippen molar-refractivity contribution in [1.82, 2.24) is 4.98 Å². The van der Waals surface area contributed by atoms with Gasteiger partial charge in [0, 0.05) is 18.3 Å². The van der Waals surface area contributed by atoms with Gasteiger partial charge in [-0.15, -0.1) is 0 Å². The molecule has 66 valence electrons.